The molecule has 2 aromatic rings. The summed E-state index contributed by atoms with van der Waals surface area (Å²) in [5, 5.41) is 9.36. The molecule has 100 valence electrons. The maximum atomic E-state index is 11.4. The summed E-state index contributed by atoms with van der Waals surface area (Å²) < 4.78 is 2.14. The molecular formula is C15H18N2O2. The number of nitrogens with zero attached hydrogens (tertiary/aromatic N) is 2. The molecule has 1 N–H and O–H groups in total. The van der Waals surface area contributed by atoms with Crippen LogP contribution in [0.2, 0.25) is 0 Å². The second kappa shape index (κ2) is 4.68. The second-order valence-corrected chi connectivity index (χ2v) is 5.23. The Morgan fingerprint density at radius 1 is 1.47 bits per heavy atom. The molecule has 1 saturated carbocycles. The van der Waals surface area contributed by atoms with Gasteiger partial charge in [0.2, 0.25) is 0 Å². The van der Waals surface area contributed by atoms with E-state index in [1.54, 1.807) is 12.1 Å². The Morgan fingerprint density at radius 2 is 2.26 bits per heavy atom. The van der Waals surface area contributed by atoms with Crippen LogP contribution in [0.3, 0.4) is 0 Å². The quantitative estimate of drug-likeness (QED) is 0.894. The first kappa shape index (κ1) is 12.2. The van der Waals surface area contributed by atoms with Crippen LogP contribution in [0.4, 0.5) is 0 Å². The van der Waals surface area contributed by atoms with Gasteiger partial charge in [-0.15, -0.1) is 0 Å². The van der Waals surface area contributed by atoms with Crippen molar-refractivity contribution >= 4 is 17.0 Å². The summed E-state index contributed by atoms with van der Waals surface area (Å²) in [6.07, 6.45) is 4.51. The lowest BCUT2D eigenvalue weighted by atomic mass is 10.2. The maximum absolute atomic E-state index is 11.4. The zero-order valence-corrected chi connectivity index (χ0v) is 11.1. The summed E-state index contributed by atoms with van der Waals surface area (Å²) in [7, 11) is 0. The maximum Gasteiger partial charge on any atom is 0.337 e. The number of unbranched alkanes of at least 4 members (excludes halogenated alkanes) is 1. The third-order valence-electron chi connectivity index (χ3n) is 3.70. The third kappa shape index (κ3) is 2.11. The van der Waals surface area contributed by atoms with Gasteiger partial charge in [-0.05, 0) is 31.4 Å². The molecule has 1 aliphatic carbocycles. The van der Waals surface area contributed by atoms with Crippen molar-refractivity contribution < 1.29 is 9.90 Å². The number of hydrogen-bond acceptors (Lipinski definition) is 2. The number of fused-ring (bicyclic) bond motifs is 1. The monoisotopic (exact) mass is 258 g/mol. The van der Waals surface area contributed by atoms with E-state index in [2.05, 4.69) is 16.5 Å². The fourth-order valence-corrected chi connectivity index (χ4v) is 2.57. The van der Waals surface area contributed by atoms with Gasteiger partial charge in [0.15, 0.2) is 0 Å². The highest BCUT2D eigenvalue weighted by Crippen LogP contribution is 2.41. The molecule has 0 radical (unpaired) electrons. The smallest absolute Gasteiger partial charge is 0.337 e. The molecule has 0 bridgehead atoms. The summed E-state index contributed by atoms with van der Waals surface area (Å²) in [6, 6.07) is 5.36. The van der Waals surface area contributed by atoms with Gasteiger partial charge < -0.3 is 9.67 Å². The van der Waals surface area contributed by atoms with Crippen molar-refractivity contribution in [3.63, 3.8) is 0 Å². The van der Waals surface area contributed by atoms with Crippen molar-refractivity contribution in [1.29, 1.82) is 0 Å². The van der Waals surface area contributed by atoms with E-state index in [4.69, 9.17) is 0 Å². The molecule has 0 unspecified atom stereocenters. The Kier molecular flexibility index (Phi) is 3.01. The number of carbonyl (C=O) groups is 1. The average molecular weight is 258 g/mol. The first-order valence-corrected chi connectivity index (χ1v) is 6.94. The van der Waals surface area contributed by atoms with Gasteiger partial charge in [0.25, 0.3) is 0 Å². The molecule has 1 fully saturated rings. The first-order valence-electron chi connectivity index (χ1n) is 6.94. The molecule has 3 rings (SSSR count). The lowest BCUT2D eigenvalue weighted by Gasteiger charge is -2.09. The van der Waals surface area contributed by atoms with Crippen molar-refractivity contribution in [2.24, 2.45) is 0 Å². The highest BCUT2D eigenvalue weighted by molar-refractivity contribution is 6.01. The van der Waals surface area contributed by atoms with Crippen LogP contribution in [0.25, 0.3) is 11.0 Å². The van der Waals surface area contributed by atoms with Gasteiger partial charge in [0, 0.05) is 12.5 Å². The molecule has 1 aromatic carbocycles. The van der Waals surface area contributed by atoms with E-state index in [0.29, 0.717) is 11.5 Å². The van der Waals surface area contributed by atoms with Gasteiger partial charge in [0.1, 0.15) is 5.82 Å². The van der Waals surface area contributed by atoms with Gasteiger partial charge in [0.05, 0.1) is 16.6 Å². The molecule has 0 aliphatic heterocycles. The minimum atomic E-state index is -0.870. The fraction of sp³-hybridized carbons (Fsp3) is 0.467. The lowest BCUT2D eigenvalue weighted by Crippen LogP contribution is -2.06. The van der Waals surface area contributed by atoms with Gasteiger partial charge in [-0.3, -0.25) is 0 Å². The number of para-hydroxylation sites is 1. The van der Waals surface area contributed by atoms with Crippen LogP contribution in [-0.4, -0.2) is 20.6 Å². The van der Waals surface area contributed by atoms with Gasteiger partial charge >= 0.3 is 5.97 Å². The Bertz CT molecular complexity index is 626. The number of imidazole rings is 1. The zero-order valence-electron chi connectivity index (χ0n) is 11.1. The van der Waals surface area contributed by atoms with E-state index < -0.39 is 5.97 Å². The highest BCUT2D eigenvalue weighted by atomic mass is 16.4. The number of aromatic nitrogens is 2. The van der Waals surface area contributed by atoms with E-state index in [1.165, 1.54) is 12.8 Å². The molecule has 1 aliphatic rings. The number of aromatic carboxylic acids is 1. The number of hydrogen-bond donors (Lipinski definition) is 1. The van der Waals surface area contributed by atoms with Crippen LogP contribution in [0, 0.1) is 0 Å². The largest absolute Gasteiger partial charge is 0.478 e. The minimum absolute atomic E-state index is 0.369. The van der Waals surface area contributed by atoms with Crippen LogP contribution >= 0.6 is 0 Å². The van der Waals surface area contributed by atoms with E-state index in [1.807, 2.05) is 6.07 Å². The van der Waals surface area contributed by atoms with Crippen molar-refractivity contribution in [3.05, 3.63) is 29.6 Å². The molecule has 0 atom stereocenters. The molecule has 19 heavy (non-hydrogen) atoms. The predicted molar refractivity (Wildman–Crippen MR) is 73.6 cm³/mol. The summed E-state index contributed by atoms with van der Waals surface area (Å²) in [4.78, 5) is 16.1. The molecule has 4 heteroatoms. The Balaban J connectivity index is 2.20. The molecule has 4 nitrogen and oxygen atoms in total. The molecule has 0 spiro atoms. The minimum Gasteiger partial charge on any atom is -0.478 e. The summed E-state index contributed by atoms with van der Waals surface area (Å²) >= 11 is 0. The number of carboxylic acid groups (broad SMARTS) is 1. The van der Waals surface area contributed by atoms with Gasteiger partial charge in [-0.2, -0.15) is 0 Å². The summed E-state index contributed by atoms with van der Waals surface area (Å²) in [6.45, 7) is 3.01. The third-order valence-corrected chi connectivity index (χ3v) is 3.70. The fourth-order valence-electron chi connectivity index (χ4n) is 2.57. The zero-order chi connectivity index (χ0) is 13.4. The SMILES string of the molecule is CCCCn1c(C2CC2)nc2cccc(C(=O)O)c21. The number of aryl methyl sites for hydroxylation is 1. The molecule has 1 aromatic heterocycles. The van der Waals surface area contributed by atoms with Crippen molar-refractivity contribution in [1.82, 2.24) is 9.55 Å². The van der Waals surface area contributed by atoms with Crippen LogP contribution < -0.4 is 0 Å². The van der Waals surface area contributed by atoms with Crippen molar-refractivity contribution in [2.45, 2.75) is 45.1 Å². The van der Waals surface area contributed by atoms with Crippen LogP contribution in [0.15, 0.2) is 18.2 Å². The van der Waals surface area contributed by atoms with Crippen LogP contribution in [-0.2, 0) is 6.54 Å². The van der Waals surface area contributed by atoms with E-state index in [-0.39, 0.29) is 0 Å². The van der Waals surface area contributed by atoms with E-state index >= 15 is 0 Å². The van der Waals surface area contributed by atoms with Crippen molar-refractivity contribution in [2.75, 3.05) is 0 Å². The topological polar surface area (TPSA) is 55.1 Å². The Labute approximate surface area is 112 Å². The molecular weight excluding hydrogens is 240 g/mol. The van der Waals surface area contributed by atoms with E-state index in [9.17, 15) is 9.90 Å². The molecule has 0 saturated heterocycles. The lowest BCUT2D eigenvalue weighted by molar-refractivity contribution is 0.0698. The molecule has 1 heterocycles. The van der Waals surface area contributed by atoms with E-state index in [0.717, 1.165) is 36.2 Å². The van der Waals surface area contributed by atoms with Crippen LogP contribution in [0.1, 0.15) is 54.7 Å². The van der Waals surface area contributed by atoms with Crippen LogP contribution in [0.5, 0.6) is 0 Å². The number of rotatable bonds is 5. The van der Waals surface area contributed by atoms with Gasteiger partial charge in [-0.1, -0.05) is 19.4 Å². The Hall–Kier alpha value is -1.84. The highest BCUT2D eigenvalue weighted by Gasteiger charge is 2.30. The number of carboxylic acids is 1. The summed E-state index contributed by atoms with van der Waals surface area (Å²) in [5.74, 6) is 0.744. The predicted octanol–water partition coefficient (Wildman–Crippen LogP) is 3.41. The summed E-state index contributed by atoms with van der Waals surface area (Å²) in [5.41, 5.74) is 1.98. The Morgan fingerprint density at radius 3 is 2.89 bits per heavy atom. The molecule has 0 amide bonds. The first-order chi connectivity index (χ1) is 9.22. The second-order valence-electron chi connectivity index (χ2n) is 5.23. The van der Waals surface area contributed by atoms with Crippen molar-refractivity contribution in [3.8, 4) is 0 Å². The van der Waals surface area contributed by atoms with Gasteiger partial charge in [-0.25, -0.2) is 9.78 Å². The standard InChI is InChI=1S/C15H18N2O2/c1-2-3-9-17-13-11(15(18)19)5-4-6-12(13)16-14(17)10-7-8-10/h4-6,10H,2-3,7-9H2,1H3,(H,18,19). The average Bonchev–Trinajstić information content (AvgIpc) is 3.17. The number of benzene rings is 1. The normalized spacial score (nSPS) is 15.0.